The third kappa shape index (κ3) is 3.91. The Morgan fingerprint density at radius 2 is 2.08 bits per heavy atom. The number of benzene rings is 1. The number of hydrogen-bond donors (Lipinski definition) is 1. The van der Waals surface area contributed by atoms with Gasteiger partial charge in [-0.1, -0.05) is 17.7 Å². The Hall–Kier alpha value is -1.56. The molecule has 1 amide bonds. The zero-order chi connectivity index (χ0) is 16.9. The predicted octanol–water partition coefficient (Wildman–Crippen LogP) is 3.64. The number of carbonyl (C=O) groups excluding carboxylic acids is 1. The summed E-state index contributed by atoms with van der Waals surface area (Å²) in [7, 11) is 0. The fourth-order valence-electron chi connectivity index (χ4n) is 3.00. The van der Waals surface area contributed by atoms with E-state index in [0.717, 1.165) is 23.7 Å². The van der Waals surface area contributed by atoms with Gasteiger partial charge in [-0.15, -0.1) is 11.3 Å². The van der Waals surface area contributed by atoms with Crippen LogP contribution in [0.5, 0.6) is 0 Å². The zero-order valence-electron chi connectivity index (χ0n) is 13.4. The second-order valence-electron chi connectivity index (χ2n) is 5.89. The molecule has 0 saturated carbocycles. The molecule has 2 heterocycles. The van der Waals surface area contributed by atoms with Crippen LogP contribution in [-0.2, 0) is 6.54 Å². The summed E-state index contributed by atoms with van der Waals surface area (Å²) in [6.07, 6.45) is 2.37. The van der Waals surface area contributed by atoms with E-state index in [1.165, 1.54) is 12.8 Å². The summed E-state index contributed by atoms with van der Waals surface area (Å²) in [5.74, 6) is -0.104. The minimum absolute atomic E-state index is 0.0588. The van der Waals surface area contributed by atoms with Crippen molar-refractivity contribution in [3.05, 3.63) is 51.2 Å². The molecule has 0 aliphatic carbocycles. The maximum absolute atomic E-state index is 12.8. The first-order valence-corrected chi connectivity index (χ1v) is 9.42. The normalized spacial score (nSPS) is 14.2. The van der Waals surface area contributed by atoms with E-state index in [-0.39, 0.29) is 12.5 Å². The van der Waals surface area contributed by atoms with Crippen LogP contribution in [0.4, 0.5) is 5.69 Å². The van der Waals surface area contributed by atoms with Crippen molar-refractivity contribution >= 4 is 34.5 Å². The second kappa shape index (κ2) is 8.01. The van der Waals surface area contributed by atoms with Gasteiger partial charge >= 0.3 is 0 Å². The first-order chi connectivity index (χ1) is 11.7. The fourth-order valence-corrected chi connectivity index (χ4v) is 4.02. The third-order valence-electron chi connectivity index (χ3n) is 4.23. The van der Waals surface area contributed by atoms with Crippen LogP contribution < -0.4 is 4.90 Å². The highest BCUT2D eigenvalue weighted by Crippen LogP contribution is 2.30. The van der Waals surface area contributed by atoms with Gasteiger partial charge in [-0.05, 0) is 42.5 Å². The number of anilines is 1. The van der Waals surface area contributed by atoms with Crippen molar-refractivity contribution in [3.8, 4) is 0 Å². The molecule has 6 heteroatoms. The van der Waals surface area contributed by atoms with E-state index < -0.39 is 0 Å². The molecule has 1 aromatic heterocycles. The molecule has 1 saturated heterocycles. The van der Waals surface area contributed by atoms with Gasteiger partial charge in [-0.2, -0.15) is 0 Å². The standard InChI is InChI=1S/C18H21ClN2O2S/c19-16-12-14(5-6-17(16)20-7-1-2-8-20)18(23)21(9-10-22)13-15-4-3-11-24-15/h3-6,11-12,22H,1-2,7-10,13H2. The van der Waals surface area contributed by atoms with E-state index in [1.54, 1.807) is 22.3 Å². The highest BCUT2D eigenvalue weighted by molar-refractivity contribution is 7.09. The van der Waals surface area contributed by atoms with Crippen LogP contribution in [-0.4, -0.2) is 42.2 Å². The molecule has 1 aromatic carbocycles. The van der Waals surface area contributed by atoms with Gasteiger partial charge in [-0.3, -0.25) is 4.79 Å². The van der Waals surface area contributed by atoms with E-state index in [2.05, 4.69) is 4.90 Å². The Labute approximate surface area is 151 Å². The lowest BCUT2D eigenvalue weighted by Gasteiger charge is -2.23. The smallest absolute Gasteiger partial charge is 0.254 e. The first-order valence-electron chi connectivity index (χ1n) is 8.16. The van der Waals surface area contributed by atoms with Crippen molar-refractivity contribution in [3.63, 3.8) is 0 Å². The second-order valence-corrected chi connectivity index (χ2v) is 7.33. The van der Waals surface area contributed by atoms with E-state index in [4.69, 9.17) is 11.6 Å². The van der Waals surface area contributed by atoms with Crippen molar-refractivity contribution in [2.24, 2.45) is 0 Å². The van der Waals surface area contributed by atoms with Crippen LogP contribution in [0.1, 0.15) is 28.1 Å². The number of rotatable bonds is 6. The van der Waals surface area contributed by atoms with Crippen LogP contribution >= 0.6 is 22.9 Å². The highest BCUT2D eigenvalue weighted by Gasteiger charge is 2.20. The summed E-state index contributed by atoms with van der Waals surface area (Å²) in [5, 5.41) is 11.9. The lowest BCUT2D eigenvalue weighted by molar-refractivity contribution is 0.0709. The Morgan fingerprint density at radius 1 is 1.29 bits per heavy atom. The van der Waals surface area contributed by atoms with E-state index >= 15 is 0 Å². The predicted molar refractivity (Wildman–Crippen MR) is 99.0 cm³/mol. The number of halogens is 1. The van der Waals surface area contributed by atoms with Crippen LogP contribution in [0.15, 0.2) is 35.7 Å². The molecule has 4 nitrogen and oxygen atoms in total. The lowest BCUT2D eigenvalue weighted by Crippen LogP contribution is -2.32. The maximum Gasteiger partial charge on any atom is 0.254 e. The number of carbonyl (C=O) groups is 1. The Morgan fingerprint density at radius 3 is 2.71 bits per heavy atom. The zero-order valence-corrected chi connectivity index (χ0v) is 15.0. The monoisotopic (exact) mass is 364 g/mol. The topological polar surface area (TPSA) is 43.8 Å². The molecular weight excluding hydrogens is 344 g/mol. The van der Waals surface area contributed by atoms with Gasteiger partial charge < -0.3 is 14.9 Å². The summed E-state index contributed by atoms with van der Waals surface area (Å²) >= 11 is 8.02. The molecule has 24 heavy (non-hydrogen) atoms. The van der Waals surface area contributed by atoms with Crippen molar-refractivity contribution in [2.75, 3.05) is 31.1 Å². The van der Waals surface area contributed by atoms with E-state index in [0.29, 0.717) is 23.7 Å². The van der Waals surface area contributed by atoms with Crippen LogP contribution in [0.3, 0.4) is 0 Å². The summed E-state index contributed by atoms with van der Waals surface area (Å²) < 4.78 is 0. The van der Waals surface area contributed by atoms with Gasteiger partial charge in [0.05, 0.1) is 23.9 Å². The number of nitrogens with zero attached hydrogens (tertiary/aromatic N) is 2. The average molecular weight is 365 g/mol. The third-order valence-corrected chi connectivity index (χ3v) is 5.39. The van der Waals surface area contributed by atoms with Crippen LogP contribution in [0, 0.1) is 0 Å². The van der Waals surface area contributed by atoms with E-state index in [1.807, 2.05) is 29.6 Å². The Kier molecular flexibility index (Phi) is 5.76. The SMILES string of the molecule is O=C(c1ccc(N2CCCC2)c(Cl)c1)N(CCO)Cc1cccs1. The fraction of sp³-hybridized carbons (Fsp3) is 0.389. The van der Waals surface area contributed by atoms with Crippen LogP contribution in [0.25, 0.3) is 0 Å². The van der Waals surface area contributed by atoms with Gasteiger partial charge in [0, 0.05) is 30.1 Å². The number of hydrogen-bond acceptors (Lipinski definition) is 4. The number of aliphatic hydroxyl groups excluding tert-OH is 1. The van der Waals surface area contributed by atoms with Crippen LogP contribution in [0.2, 0.25) is 5.02 Å². The average Bonchev–Trinajstić information content (AvgIpc) is 3.27. The van der Waals surface area contributed by atoms with Gasteiger partial charge in [0.1, 0.15) is 0 Å². The summed E-state index contributed by atoms with van der Waals surface area (Å²) in [6.45, 7) is 2.78. The Balaban J connectivity index is 1.77. The first kappa shape index (κ1) is 17.3. The largest absolute Gasteiger partial charge is 0.395 e. The maximum atomic E-state index is 12.8. The van der Waals surface area contributed by atoms with Crippen molar-refractivity contribution < 1.29 is 9.90 Å². The van der Waals surface area contributed by atoms with Gasteiger partial charge in [-0.25, -0.2) is 0 Å². The molecule has 1 aliphatic heterocycles. The molecule has 1 fully saturated rings. The number of aliphatic hydroxyl groups is 1. The minimum atomic E-state index is -0.104. The van der Waals surface area contributed by atoms with Crippen molar-refractivity contribution in [1.82, 2.24) is 4.90 Å². The number of amides is 1. The molecule has 128 valence electrons. The van der Waals surface area contributed by atoms with E-state index in [9.17, 15) is 9.90 Å². The highest BCUT2D eigenvalue weighted by atomic mass is 35.5. The Bertz CT molecular complexity index is 684. The van der Waals surface area contributed by atoms with Crippen molar-refractivity contribution in [2.45, 2.75) is 19.4 Å². The molecule has 1 aliphatic rings. The molecular formula is C18H21ClN2O2S. The molecule has 0 spiro atoms. The molecule has 2 aromatic rings. The van der Waals surface area contributed by atoms with Gasteiger partial charge in [0.15, 0.2) is 0 Å². The molecule has 0 atom stereocenters. The molecule has 0 radical (unpaired) electrons. The lowest BCUT2D eigenvalue weighted by atomic mass is 10.1. The summed E-state index contributed by atoms with van der Waals surface area (Å²) in [6, 6.07) is 9.47. The van der Waals surface area contributed by atoms with Gasteiger partial charge in [0.25, 0.3) is 5.91 Å². The molecule has 1 N–H and O–H groups in total. The molecule has 0 unspecified atom stereocenters. The quantitative estimate of drug-likeness (QED) is 0.851. The summed E-state index contributed by atoms with van der Waals surface area (Å²) in [4.78, 5) is 17.8. The van der Waals surface area contributed by atoms with Gasteiger partial charge in [0.2, 0.25) is 0 Å². The minimum Gasteiger partial charge on any atom is -0.395 e. The molecule has 0 bridgehead atoms. The van der Waals surface area contributed by atoms with Crippen molar-refractivity contribution in [1.29, 1.82) is 0 Å². The molecule has 3 rings (SSSR count). The number of thiophene rings is 1. The summed E-state index contributed by atoms with van der Waals surface area (Å²) in [5.41, 5.74) is 1.56.